The van der Waals surface area contributed by atoms with Gasteiger partial charge in [-0.1, -0.05) is 18.2 Å². The molecule has 110 valence electrons. The van der Waals surface area contributed by atoms with Gasteiger partial charge < -0.3 is 20.7 Å². The van der Waals surface area contributed by atoms with Gasteiger partial charge in [-0.3, -0.25) is 4.79 Å². The maximum atomic E-state index is 11.9. The van der Waals surface area contributed by atoms with Crippen molar-refractivity contribution in [3.05, 3.63) is 48.5 Å². The highest BCUT2D eigenvalue weighted by Crippen LogP contribution is 2.20. The van der Waals surface area contributed by atoms with Crippen LogP contribution in [0.2, 0.25) is 0 Å². The number of carbonyl (C=O) groups excluding carboxylic acids is 1. The van der Waals surface area contributed by atoms with Crippen LogP contribution in [0.5, 0.6) is 5.75 Å². The summed E-state index contributed by atoms with van der Waals surface area (Å²) in [6, 6.07) is 14.7. The van der Waals surface area contributed by atoms with Gasteiger partial charge >= 0.3 is 0 Å². The van der Waals surface area contributed by atoms with Crippen LogP contribution in [0.1, 0.15) is 0 Å². The van der Waals surface area contributed by atoms with E-state index in [9.17, 15) is 4.79 Å². The number of rotatable bonds is 5. The maximum Gasteiger partial charge on any atom is 0.262 e. The van der Waals surface area contributed by atoms with E-state index in [0.717, 1.165) is 5.69 Å². The van der Waals surface area contributed by atoms with E-state index in [0.29, 0.717) is 17.1 Å². The van der Waals surface area contributed by atoms with Crippen LogP contribution in [-0.2, 0) is 4.79 Å². The van der Waals surface area contributed by atoms with E-state index in [1.807, 2.05) is 55.4 Å². The second-order valence-electron chi connectivity index (χ2n) is 4.82. The molecule has 0 aromatic heterocycles. The Morgan fingerprint density at radius 1 is 1.19 bits per heavy atom. The van der Waals surface area contributed by atoms with Gasteiger partial charge in [0.15, 0.2) is 6.61 Å². The molecule has 3 N–H and O–H groups in total. The smallest absolute Gasteiger partial charge is 0.262 e. The average molecular weight is 285 g/mol. The molecular formula is C16H19N3O2. The van der Waals surface area contributed by atoms with E-state index >= 15 is 0 Å². The van der Waals surface area contributed by atoms with E-state index in [1.165, 1.54) is 0 Å². The zero-order valence-electron chi connectivity index (χ0n) is 12.2. The Bertz CT molecular complexity index is 626. The van der Waals surface area contributed by atoms with Gasteiger partial charge in [-0.05, 0) is 24.3 Å². The summed E-state index contributed by atoms with van der Waals surface area (Å²) in [5, 5.41) is 2.72. The Morgan fingerprint density at radius 3 is 2.67 bits per heavy atom. The Balaban J connectivity index is 1.92. The predicted molar refractivity (Wildman–Crippen MR) is 85.7 cm³/mol. The van der Waals surface area contributed by atoms with Crippen molar-refractivity contribution in [1.82, 2.24) is 0 Å². The van der Waals surface area contributed by atoms with Crippen LogP contribution in [0.4, 0.5) is 17.1 Å². The number of amides is 1. The SMILES string of the molecule is CN(C)c1cccc(OCC(=O)Nc2ccccc2N)c1. The van der Waals surface area contributed by atoms with Gasteiger partial charge in [-0.25, -0.2) is 0 Å². The van der Waals surface area contributed by atoms with Crippen LogP contribution in [0.3, 0.4) is 0 Å². The molecule has 0 aliphatic rings. The third-order valence-corrected chi connectivity index (χ3v) is 2.94. The highest BCUT2D eigenvalue weighted by Gasteiger charge is 2.06. The average Bonchev–Trinajstić information content (AvgIpc) is 2.48. The lowest BCUT2D eigenvalue weighted by Crippen LogP contribution is -2.20. The zero-order valence-corrected chi connectivity index (χ0v) is 12.2. The molecule has 1 amide bonds. The summed E-state index contributed by atoms with van der Waals surface area (Å²) >= 11 is 0. The monoisotopic (exact) mass is 285 g/mol. The third kappa shape index (κ3) is 4.14. The van der Waals surface area contributed by atoms with Gasteiger partial charge in [0.05, 0.1) is 11.4 Å². The lowest BCUT2D eigenvalue weighted by atomic mass is 10.2. The highest BCUT2D eigenvalue weighted by atomic mass is 16.5. The summed E-state index contributed by atoms with van der Waals surface area (Å²) in [5.74, 6) is 0.403. The Hall–Kier alpha value is -2.69. The van der Waals surface area contributed by atoms with Crippen molar-refractivity contribution in [3.8, 4) is 5.75 Å². The molecule has 21 heavy (non-hydrogen) atoms. The van der Waals surface area contributed by atoms with Crippen molar-refractivity contribution >= 4 is 23.0 Å². The Kier molecular flexibility index (Phi) is 4.66. The number of benzene rings is 2. The molecule has 0 spiro atoms. The number of carbonyl (C=O) groups is 1. The number of nitrogens with one attached hydrogen (secondary N) is 1. The minimum Gasteiger partial charge on any atom is -0.484 e. The topological polar surface area (TPSA) is 67.6 Å². The van der Waals surface area contributed by atoms with Crippen LogP contribution >= 0.6 is 0 Å². The first-order valence-electron chi connectivity index (χ1n) is 6.61. The summed E-state index contributed by atoms with van der Waals surface area (Å²) in [7, 11) is 3.90. The number of anilines is 3. The summed E-state index contributed by atoms with van der Waals surface area (Å²) in [6.07, 6.45) is 0. The number of hydrogen-bond acceptors (Lipinski definition) is 4. The van der Waals surface area contributed by atoms with Gasteiger partial charge in [-0.2, -0.15) is 0 Å². The molecule has 0 radical (unpaired) electrons. The molecule has 5 heteroatoms. The number of nitrogens with two attached hydrogens (primary N) is 1. The van der Waals surface area contributed by atoms with Crippen molar-refractivity contribution in [3.63, 3.8) is 0 Å². The number of hydrogen-bond donors (Lipinski definition) is 2. The minimum absolute atomic E-state index is 0.0643. The number of ether oxygens (including phenoxy) is 1. The van der Waals surface area contributed by atoms with Crippen LogP contribution in [-0.4, -0.2) is 26.6 Å². The highest BCUT2D eigenvalue weighted by molar-refractivity contribution is 5.94. The fourth-order valence-electron chi connectivity index (χ4n) is 1.80. The van der Waals surface area contributed by atoms with Crippen molar-refractivity contribution in [2.45, 2.75) is 0 Å². The second-order valence-corrected chi connectivity index (χ2v) is 4.82. The minimum atomic E-state index is -0.247. The summed E-state index contributed by atoms with van der Waals surface area (Å²) in [4.78, 5) is 13.8. The predicted octanol–water partition coefficient (Wildman–Crippen LogP) is 2.35. The van der Waals surface area contributed by atoms with Gasteiger partial charge in [0.25, 0.3) is 5.91 Å². The molecule has 2 rings (SSSR count). The van der Waals surface area contributed by atoms with E-state index in [2.05, 4.69) is 5.32 Å². The molecule has 2 aromatic carbocycles. The third-order valence-electron chi connectivity index (χ3n) is 2.94. The van der Waals surface area contributed by atoms with Gasteiger partial charge in [0.2, 0.25) is 0 Å². The summed E-state index contributed by atoms with van der Waals surface area (Å²) < 4.78 is 5.49. The molecule has 0 atom stereocenters. The molecule has 0 heterocycles. The number of para-hydroxylation sites is 2. The van der Waals surface area contributed by atoms with Gasteiger partial charge in [0.1, 0.15) is 5.75 Å². The first kappa shape index (κ1) is 14.7. The molecule has 2 aromatic rings. The lowest BCUT2D eigenvalue weighted by molar-refractivity contribution is -0.118. The van der Waals surface area contributed by atoms with Crippen molar-refractivity contribution in [2.24, 2.45) is 0 Å². The van der Waals surface area contributed by atoms with Gasteiger partial charge in [0, 0.05) is 25.8 Å². The first-order chi connectivity index (χ1) is 10.1. The lowest BCUT2D eigenvalue weighted by Gasteiger charge is -2.14. The normalized spacial score (nSPS) is 10.0. The summed E-state index contributed by atoms with van der Waals surface area (Å²) in [6.45, 7) is -0.0643. The fraction of sp³-hybridized carbons (Fsp3) is 0.188. The van der Waals surface area contributed by atoms with E-state index in [1.54, 1.807) is 12.1 Å². The van der Waals surface area contributed by atoms with Gasteiger partial charge in [-0.15, -0.1) is 0 Å². The molecular weight excluding hydrogens is 266 g/mol. The largest absolute Gasteiger partial charge is 0.484 e. The molecule has 0 saturated carbocycles. The molecule has 0 unspecified atom stereocenters. The molecule has 0 aliphatic carbocycles. The van der Waals surface area contributed by atoms with Crippen molar-refractivity contribution < 1.29 is 9.53 Å². The first-order valence-corrected chi connectivity index (χ1v) is 6.61. The standard InChI is InChI=1S/C16H19N3O2/c1-19(2)12-6-5-7-13(10-12)21-11-16(20)18-15-9-4-3-8-14(15)17/h3-10H,11,17H2,1-2H3,(H,18,20). The maximum absolute atomic E-state index is 11.9. The molecule has 0 aliphatic heterocycles. The van der Waals surface area contributed by atoms with E-state index in [4.69, 9.17) is 10.5 Å². The number of nitrogen functional groups attached to an aromatic ring is 1. The van der Waals surface area contributed by atoms with E-state index in [-0.39, 0.29) is 12.5 Å². The van der Waals surface area contributed by atoms with E-state index < -0.39 is 0 Å². The molecule has 5 nitrogen and oxygen atoms in total. The zero-order chi connectivity index (χ0) is 15.2. The van der Waals surface area contributed by atoms with Crippen LogP contribution in [0.15, 0.2) is 48.5 Å². The fourth-order valence-corrected chi connectivity index (χ4v) is 1.80. The molecule has 0 fully saturated rings. The van der Waals surface area contributed by atoms with Crippen molar-refractivity contribution in [1.29, 1.82) is 0 Å². The molecule has 0 bridgehead atoms. The Morgan fingerprint density at radius 2 is 1.95 bits per heavy atom. The Labute approximate surface area is 124 Å². The van der Waals surface area contributed by atoms with Crippen LogP contribution in [0.25, 0.3) is 0 Å². The summed E-state index contributed by atoms with van der Waals surface area (Å²) in [5.41, 5.74) is 7.90. The van der Waals surface area contributed by atoms with Crippen molar-refractivity contribution in [2.75, 3.05) is 36.7 Å². The number of nitrogens with zero attached hydrogens (tertiary/aromatic N) is 1. The van der Waals surface area contributed by atoms with Crippen LogP contribution < -0.4 is 20.7 Å². The second kappa shape index (κ2) is 6.65. The molecule has 0 saturated heterocycles. The van der Waals surface area contributed by atoms with Crippen LogP contribution in [0, 0.1) is 0 Å². The quantitative estimate of drug-likeness (QED) is 0.828.